The summed E-state index contributed by atoms with van der Waals surface area (Å²) in [5, 5.41) is 6.22. The first-order valence-electron chi connectivity index (χ1n) is 7.42. The fraction of sp³-hybridized carbons (Fsp3) is 0.562. The zero-order valence-corrected chi connectivity index (χ0v) is 13.0. The molecule has 3 nitrogen and oxygen atoms in total. The summed E-state index contributed by atoms with van der Waals surface area (Å²) in [6.45, 7) is 0.870. The summed E-state index contributed by atoms with van der Waals surface area (Å²) < 4.78 is 1.97. The third-order valence-electron chi connectivity index (χ3n) is 4.45. The SMILES string of the molecule is CN(Cc1nn(C)c2ccccc12)C1CCCCC1Cl. The highest BCUT2D eigenvalue weighted by Crippen LogP contribution is 2.28. The summed E-state index contributed by atoms with van der Waals surface area (Å²) in [4.78, 5) is 2.38. The van der Waals surface area contributed by atoms with E-state index in [1.54, 1.807) is 0 Å². The third kappa shape index (κ3) is 2.57. The fourth-order valence-electron chi connectivity index (χ4n) is 3.32. The van der Waals surface area contributed by atoms with Gasteiger partial charge in [0.1, 0.15) is 0 Å². The summed E-state index contributed by atoms with van der Waals surface area (Å²) in [7, 11) is 4.19. The van der Waals surface area contributed by atoms with E-state index in [-0.39, 0.29) is 5.38 Å². The zero-order chi connectivity index (χ0) is 14.1. The summed E-state index contributed by atoms with van der Waals surface area (Å²) in [6.07, 6.45) is 4.90. The second-order valence-electron chi connectivity index (χ2n) is 5.87. The molecule has 1 aliphatic rings. The first-order valence-corrected chi connectivity index (χ1v) is 7.85. The van der Waals surface area contributed by atoms with E-state index in [2.05, 4.69) is 41.3 Å². The van der Waals surface area contributed by atoms with Gasteiger partial charge >= 0.3 is 0 Å². The minimum Gasteiger partial charge on any atom is -0.296 e. The number of aromatic nitrogens is 2. The van der Waals surface area contributed by atoms with Crippen LogP contribution in [0.15, 0.2) is 24.3 Å². The summed E-state index contributed by atoms with van der Waals surface area (Å²) in [5.41, 5.74) is 2.35. The molecule has 20 heavy (non-hydrogen) atoms. The van der Waals surface area contributed by atoms with Crippen LogP contribution in [-0.4, -0.2) is 33.1 Å². The topological polar surface area (TPSA) is 21.1 Å². The lowest BCUT2D eigenvalue weighted by atomic mass is 9.94. The number of hydrogen-bond donors (Lipinski definition) is 0. The highest BCUT2D eigenvalue weighted by Gasteiger charge is 2.27. The van der Waals surface area contributed by atoms with Crippen molar-refractivity contribution in [1.82, 2.24) is 14.7 Å². The van der Waals surface area contributed by atoms with Gasteiger partial charge in [0.25, 0.3) is 0 Å². The van der Waals surface area contributed by atoms with Gasteiger partial charge < -0.3 is 0 Å². The molecule has 1 saturated carbocycles. The second kappa shape index (κ2) is 5.74. The van der Waals surface area contributed by atoms with Crippen molar-refractivity contribution in [3.05, 3.63) is 30.0 Å². The van der Waals surface area contributed by atoms with E-state index < -0.39 is 0 Å². The molecule has 108 valence electrons. The van der Waals surface area contributed by atoms with Gasteiger partial charge in [-0.15, -0.1) is 11.6 Å². The molecule has 0 N–H and O–H groups in total. The molecular weight excluding hydrogens is 270 g/mol. The van der Waals surface area contributed by atoms with Crippen molar-refractivity contribution in [2.45, 2.75) is 43.6 Å². The van der Waals surface area contributed by atoms with E-state index in [0.717, 1.165) is 18.7 Å². The molecule has 1 aliphatic carbocycles. The second-order valence-corrected chi connectivity index (χ2v) is 6.43. The van der Waals surface area contributed by atoms with Crippen LogP contribution in [0.2, 0.25) is 0 Å². The maximum atomic E-state index is 6.50. The maximum Gasteiger partial charge on any atom is 0.0843 e. The monoisotopic (exact) mass is 291 g/mol. The van der Waals surface area contributed by atoms with Crippen LogP contribution in [-0.2, 0) is 13.6 Å². The summed E-state index contributed by atoms with van der Waals surface area (Å²) in [5.74, 6) is 0. The Bertz CT molecular complexity index is 592. The highest BCUT2D eigenvalue weighted by atomic mass is 35.5. The fourth-order valence-corrected chi connectivity index (χ4v) is 3.79. The van der Waals surface area contributed by atoms with Crippen LogP contribution < -0.4 is 0 Å². The molecule has 1 heterocycles. The van der Waals surface area contributed by atoms with Crippen LogP contribution >= 0.6 is 11.6 Å². The molecule has 2 unspecified atom stereocenters. The van der Waals surface area contributed by atoms with Crippen LogP contribution in [0.4, 0.5) is 0 Å². The van der Waals surface area contributed by atoms with Gasteiger partial charge in [0.05, 0.1) is 11.2 Å². The predicted molar refractivity (Wildman–Crippen MR) is 84.1 cm³/mol. The van der Waals surface area contributed by atoms with Crippen molar-refractivity contribution in [3.8, 4) is 0 Å². The van der Waals surface area contributed by atoms with E-state index in [4.69, 9.17) is 11.6 Å². The van der Waals surface area contributed by atoms with E-state index in [1.807, 2.05) is 11.7 Å². The van der Waals surface area contributed by atoms with E-state index in [9.17, 15) is 0 Å². The predicted octanol–water partition coefficient (Wildman–Crippen LogP) is 3.56. The molecule has 0 amide bonds. The lowest BCUT2D eigenvalue weighted by Crippen LogP contribution is -2.40. The zero-order valence-electron chi connectivity index (χ0n) is 12.2. The van der Waals surface area contributed by atoms with E-state index >= 15 is 0 Å². The normalized spacial score (nSPS) is 23.6. The van der Waals surface area contributed by atoms with Gasteiger partial charge in [-0.3, -0.25) is 9.58 Å². The molecule has 2 aromatic rings. The molecule has 0 saturated heterocycles. The smallest absolute Gasteiger partial charge is 0.0843 e. The molecule has 0 aliphatic heterocycles. The Kier molecular flexibility index (Phi) is 3.99. The number of rotatable bonds is 3. The number of halogens is 1. The average Bonchev–Trinajstić information content (AvgIpc) is 2.76. The Morgan fingerprint density at radius 1 is 1.30 bits per heavy atom. The van der Waals surface area contributed by atoms with Gasteiger partial charge in [-0.2, -0.15) is 5.10 Å². The van der Waals surface area contributed by atoms with Crippen molar-refractivity contribution >= 4 is 22.5 Å². The van der Waals surface area contributed by atoms with Gasteiger partial charge in [-0.25, -0.2) is 0 Å². The van der Waals surface area contributed by atoms with Gasteiger partial charge in [0.15, 0.2) is 0 Å². The molecule has 2 atom stereocenters. The first-order chi connectivity index (χ1) is 9.66. The van der Waals surface area contributed by atoms with E-state index in [1.165, 1.54) is 30.2 Å². The summed E-state index contributed by atoms with van der Waals surface area (Å²) in [6, 6.07) is 8.90. The molecule has 0 bridgehead atoms. The first kappa shape index (κ1) is 13.9. The lowest BCUT2D eigenvalue weighted by Gasteiger charge is -2.34. The molecule has 0 radical (unpaired) electrons. The van der Waals surface area contributed by atoms with Gasteiger partial charge in [-0.1, -0.05) is 31.0 Å². The molecule has 1 fully saturated rings. The van der Waals surface area contributed by atoms with Gasteiger partial charge in [0, 0.05) is 30.4 Å². The van der Waals surface area contributed by atoms with Crippen molar-refractivity contribution in [3.63, 3.8) is 0 Å². The number of para-hydroxylation sites is 1. The third-order valence-corrected chi connectivity index (χ3v) is 4.96. The minimum atomic E-state index is 0.281. The molecule has 1 aromatic carbocycles. The van der Waals surface area contributed by atoms with E-state index in [0.29, 0.717) is 6.04 Å². The Morgan fingerprint density at radius 3 is 2.85 bits per heavy atom. The standard InChI is InChI=1S/C16H22ClN3/c1-19(16-10-6-4-8-13(16)17)11-14-12-7-3-5-9-15(12)20(2)18-14/h3,5,7,9,13,16H,4,6,8,10-11H2,1-2H3. The summed E-state index contributed by atoms with van der Waals surface area (Å²) >= 11 is 6.50. The van der Waals surface area contributed by atoms with Gasteiger partial charge in [0.2, 0.25) is 0 Å². The lowest BCUT2D eigenvalue weighted by molar-refractivity contribution is 0.187. The van der Waals surface area contributed by atoms with Crippen LogP contribution in [0.1, 0.15) is 31.4 Å². The molecule has 1 aromatic heterocycles. The number of hydrogen-bond acceptors (Lipinski definition) is 2. The Hall–Kier alpha value is -1.06. The number of nitrogens with zero attached hydrogens (tertiary/aromatic N) is 3. The largest absolute Gasteiger partial charge is 0.296 e. The Morgan fingerprint density at radius 2 is 2.05 bits per heavy atom. The quantitative estimate of drug-likeness (QED) is 0.806. The van der Waals surface area contributed by atoms with Crippen molar-refractivity contribution < 1.29 is 0 Å². The number of fused-ring (bicyclic) bond motifs is 1. The van der Waals surface area contributed by atoms with Gasteiger partial charge in [-0.05, 0) is 26.0 Å². The minimum absolute atomic E-state index is 0.281. The molecule has 0 spiro atoms. The van der Waals surface area contributed by atoms with Crippen LogP contribution in [0.25, 0.3) is 10.9 Å². The van der Waals surface area contributed by atoms with Crippen LogP contribution in [0.5, 0.6) is 0 Å². The van der Waals surface area contributed by atoms with Crippen molar-refractivity contribution in [1.29, 1.82) is 0 Å². The Labute approximate surface area is 125 Å². The average molecular weight is 292 g/mol. The van der Waals surface area contributed by atoms with Crippen molar-refractivity contribution in [2.24, 2.45) is 7.05 Å². The highest BCUT2D eigenvalue weighted by molar-refractivity contribution is 6.21. The van der Waals surface area contributed by atoms with Crippen LogP contribution in [0, 0.1) is 0 Å². The maximum absolute atomic E-state index is 6.50. The van der Waals surface area contributed by atoms with Crippen molar-refractivity contribution in [2.75, 3.05) is 7.05 Å². The number of alkyl halides is 1. The van der Waals surface area contributed by atoms with Crippen LogP contribution in [0.3, 0.4) is 0 Å². The number of benzene rings is 1. The molecule has 3 rings (SSSR count). The molecule has 4 heteroatoms. The molecular formula is C16H22ClN3. The Balaban J connectivity index is 1.82. The number of aryl methyl sites for hydroxylation is 1.